The first kappa shape index (κ1) is 6.40. The quantitative estimate of drug-likeness (QED) is 0.134. The van der Waals surface area contributed by atoms with Crippen LogP contribution in [-0.2, 0) is 0 Å². The maximum absolute atomic E-state index is 10.6. The van der Waals surface area contributed by atoms with E-state index >= 15 is 0 Å². The molecule has 0 aromatic carbocycles. The smallest absolute Gasteiger partial charge is 0.287 e. The second-order valence-corrected chi connectivity index (χ2v) is 1.62. The Kier molecular flexibility index (Phi) is 1.44. The van der Waals surface area contributed by atoms with Gasteiger partial charge in [-0.1, -0.05) is 9.89 Å². The molecule has 10 heavy (non-hydrogen) atoms. The lowest BCUT2D eigenvalue weighted by molar-refractivity contribution is -0.607. The van der Waals surface area contributed by atoms with Crippen molar-refractivity contribution >= 4 is 6.21 Å². The number of oxime groups is 1. The first-order valence-electron chi connectivity index (χ1n) is 2.42. The first-order chi connectivity index (χ1) is 4.74. The van der Waals surface area contributed by atoms with Gasteiger partial charge in [0.15, 0.2) is 11.9 Å². The molecule has 2 N–H and O–H groups in total. The molecule has 1 aromatic heterocycles. The zero-order valence-corrected chi connectivity index (χ0v) is 4.88. The molecule has 0 aliphatic rings. The Morgan fingerprint density at radius 1 is 1.80 bits per heavy atom. The zero-order chi connectivity index (χ0) is 7.56. The van der Waals surface area contributed by atoms with E-state index in [0.29, 0.717) is 9.46 Å². The van der Waals surface area contributed by atoms with Crippen LogP contribution in [0.1, 0.15) is 5.69 Å². The van der Waals surface area contributed by atoms with Crippen molar-refractivity contribution in [3.8, 4) is 0 Å². The summed E-state index contributed by atoms with van der Waals surface area (Å²) in [4.78, 5) is 0. The summed E-state index contributed by atoms with van der Waals surface area (Å²) in [7, 11) is 0. The minimum Gasteiger partial charge on any atom is -0.710 e. The van der Waals surface area contributed by atoms with Crippen LogP contribution in [-0.4, -0.2) is 21.4 Å². The molecule has 0 aliphatic carbocycles. The van der Waals surface area contributed by atoms with Gasteiger partial charge in [-0.05, 0) is 0 Å². The minimum atomic E-state index is 0.0602. The van der Waals surface area contributed by atoms with Gasteiger partial charge in [0.2, 0.25) is 0 Å². The highest BCUT2D eigenvalue weighted by Gasteiger charge is 2.03. The summed E-state index contributed by atoms with van der Waals surface area (Å²) in [6, 6.07) is 0. The maximum atomic E-state index is 10.6. The van der Waals surface area contributed by atoms with Crippen LogP contribution in [0.15, 0.2) is 17.7 Å². The molecule has 0 unspecified atom stereocenters. The van der Waals surface area contributed by atoms with Crippen LogP contribution in [0.25, 0.3) is 0 Å². The van der Waals surface area contributed by atoms with Crippen LogP contribution in [0.2, 0.25) is 0 Å². The monoisotopic (exact) mass is 143 g/mol. The predicted octanol–water partition coefficient (Wildman–Crippen LogP) is -0.833. The van der Waals surface area contributed by atoms with Gasteiger partial charge in [0, 0.05) is 0 Å². The number of aromatic nitrogens is 2. The summed E-state index contributed by atoms with van der Waals surface area (Å²) >= 11 is 0. The van der Waals surface area contributed by atoms with Crippen molar-refractivity contribution in [2.24, 2.45) is 5.16 Å². The van der Waals surface area contributed by atoms with Crippen molar-refractivity contribution in [3.63, 3.8) is 0 Å². The normalized spacial score (nSPS) is 10.8. The summed E-state index contributed by atoms with van der Waals surface area (Å²) in [5, 5.41) is 29.8. The van der Waals surface area contributed by atoms with E-state index in [9.17, 15) is 5.21 Å². The van der Waals surface area contributed by atoms with E-state index in [2.05, 4.69) is 5.16 Å². The Morgan fingerprint density at radius 2 is 2.50 bits per heavy atom. The van der Waals surface area contributed by atoms with Gasteiger partial charge >= 0.3 is 0 Å². The lowest BCUT2D eigenvalue weighted by Crippen LogP contribution is -2.27. The molecule has 1 rings (SSSR count). The van der Waals surface area contributed by atoms with E-state index in [0.717, 1.165) is 18.7 Å². The third-order valence-electron chi connectivity index (χ3n) is 0.932. The molecular formula is C4H5N3O3. The van der Waals surface area contributed by atoms with Crippen LogP contribution in [0.3, 0.4) is 0 Å². The van der Waals surface area contributed by atoms with Crippen molar-refractivity contribution in [3.05, 3.63) is 23.4 Å². The molecule has 6 nitrogen and oxygen atoms in total. The number of hydrogen-bond acceptors (Lipinski definition) is 4. The molecule has 0 radical (unpaired) electrons. The minimum absolute atomic E-state index is 0.0602. The van der Waals surface area contributed by atoms with Crippen molar-refractivity contribution < 1.29 is 15.1 Å². The maximum Gasteiger partial charge on any atom is 0.287 e. The Labute approximate surface area is 55.8 Å². The van der Waals surface area contributed by atoms with Gasteiger partial charge < -0.3 is 15.6 Å². The van der Waals surface area contributed by atoms with E-state index in [1.54, 1.807) is 0 Å². The number of rotatable bonds is 1. The Hall–Kier alpha value is -1.72. The summed E-state index contributed by atoms with van der Waals surface area (Å²) in [5.74, 6) is 0. The molecule has 0 fully saturated rings. The van der Waals surface area contributed by atoms with Crippen LogP contribution < -0.4 is 4.73 Å². The van der Waals surface area contributed by atoms with Crippen LogP contribution in [0.4, 0.5) is 0 Å². The van der Waals surface area contributed by atoms with Crippen molar-refractivity contribution in [1.82, 2.24) is 4.73 Å². The molecule has 1 aromatic rings. The first-order valence-corrected chi connectivity index (χ1v) is 2.42. The molecular weight excluding hydrogens is 138 g/mol. The van der Waals surface area contributed by atoms with Crippen molar-refractivity contribution in [2.75, 3.05) is 0 Å². The number of imidazole rings is 1. The standard InChI is InChI=1S/C4H5N3O3/c8-5-1-4-2-6(9)3-7(4)10/h1-3,8-9H/b5-1-. The lowest BCUT2D eigenvalue weighted by Gasteiger charge is -1.93. The second kappa shape index (κ2) is 2.26. The fourth-order valence-electron chi connectivity index (χ4n) is 0.549. The Bertz CT molecular complexity index is 254. The highest BCUT2D eigenvalue weighted by atomic mass is 16.5. The largest absolute Gasteiger partial charge is 0.710 e. The Balaban J connectivity index is 3.03. The topological polar surface area (TPSA) is 84.7 Å². The van der Waals surface area contributed by atoms with Gasteiger partial charge in [0.05, 0.1) is 0 Å². The summed E-state index contributed by atoms with van der Waals surface area (Å²) in [6.07, 6.45) is 2.91. The zero-order valence-electron chi connectivity index (χ0n) is 4.88. The molecule has 0 saturated carbocycles. The van der Waals surface area contributed by atoms with E-state index in [4.69, 9.17) is 10.4 Å². The highest BCUT2D eigenvalue weighted by Crippen LogP contribution is 1.84. The molecule has 0 spiro atoms. The van der Waals surface area contributed by atoms with Crippen LogP contribution in [0, 0.1) is 5.21 Å². The fourth-order valence-corrected chi connectivity index (χ4v) is 0.549. The fraction of sp³-hybridized carbons (Fsp3) is 0. The van der Waals surface area contributed by atoms with Crippen molar-refractivity contribution in [1.29, 1.82) is 0 Å². The van der Waals surface area contributed by atoms with E-state index in [1.807, 2.05) is 0 Å². The van der Waals surface area contributed by atoms with Gasteiger partial charge in [-0.3, -0.25) is 0 Å². The third kappa shape index (κ3) is 0.993. The lowest BCUT2D eigenvalue weighted by atomic mass is 10.5. The van der Waals surface area contributed by atoms with Crippen LogP contribution >= 0.6 is 0 Å². The summed E-state index contributed by atoms with van der Waals surface area (Å²) in [6.45, 7) is 0. The number of hydrogen-bond donors (Lipinski definition) is 2. The van der Waals surface area contributed by atoms with Gasteiger partial charge in [0.1, 0.15) is 6.21 Å². The average molecular weight is 143 g/mol. The second-order valence-electron chi connectivity index (χ2n) is 1.62. The van der Waals surface area contributed by atoms with E-state index in [1.165, 1.54) is 0 Å². The van der Waals surface area contributed by atoms with E-state index < -0.39 is 0 Å². The van der Waals surface area contributed by atoms with Crippen molar-refractivity contribution in [2.45, 2.75) is 0 Å². The molecule has 0 aliphatic heterocycles. The Morgan fingerprint density at radius 3 is 2.90 bits per heavy atom. The molecule has 6 heteroatoms. The molecule has 1 heterocycles. The highest BCUT2D eigenvalue weighted by molar-refractivity contribution is 5.73. The van der Waals surface area contributed by atoms with Crippen LogP contribution in [0.5, 0.6) is 0 Å². The molecule has 0 bridgehead atoms. The average Bonchev–Trinajstić information content (AvgIpc) is 2.13. The van der Waals surface area contributed by atoms with Gasteiger partial charge in [-0.15, -0.1) is 0 Å². The summed E-state index contributed by atoms with van der Waals surface area (Å²) < 4.78 is 0.934. The predicted molar refractivity (Wildman–Crippen MR) is 30.0 cm³/mol. The van der Waals surface area contributed by atoms with Gasteiger partial charge in [-0.2, -0.15) is 0 Å². The molecule has 0 amide bonds. The van der Waals surface area contributed by atoms with E-state index in [-0.39, 0.29) is 5.69 Å². The molecule has 54 valence electrons. The number of nitrogens with zero attached hydrogens (tertiary/aromatic N) is 3. The van der Waals surface area contributed by atoms with Gasteiger partial charge in [0.25, 0.3) is 6.33 Å². The SMILES string of the molecule is [O-][n+]1cn(O)cc1/C=N\O. The molecule has 0 saturated heterocycles. The third-order valence-corrected chi connectivity index (χ3v) is 0.932. The summed E-state index contributed by atoms with van der Waals surface area (Å²) in [5.41, 5.74) is 0.0602. The van der Waals surface area contributed by atoms with Gasteiger partial charge in [-0.25, -0.2) is 4.73 Å². The molecule has 0 atom stereocenters.